The molecule has 0 radical (unpaired) electrons. The van der Waals surface area contributed by atoms with Gasteiger partial charge in [0.2, 0.25) is 15.9 Å². The number of rotatable bonds is 7. The molecule has 1 saturated carbocycles. The lowest BCUT2D eigenvalue weighted by Gasteiger charge is -2.17. The summed E-state index contributed by atoms with van der Waals surface area (Å²) in [6.45, 7) is 1.80. The minimum atomic E-state index is -3.95. The van der Waals surface area contributed by atoms with Gasteiger partial charge in [0.25, 0.3) is 5.91 Å². The lowest BCUT2D eigenvalue weighted by molar-refractivity contribution is -0.117. The molecule has 1 fully saturated rings. The Morgan fingerprint density at radius 3 is 2.34 bits per heavy atom. The van der Waals surface area contributed by atoms with Crippen molar-refractivity contribution in [3.63, 3.8) is 0 Å². The van der Waals surface area contributed by atoms with Gasteiger partial charge in [0.1, 0.15) is 5.75 Å². The number of ether oxygens (including phenoxy) is 1. The van der Waals surface area contributed by atoms with E-state index in [1.54, 1.807) is 19.1 Å². The van der Waals surface area contributed by atoms with E-state index in [-0.39, 0.29) is 34.1 Å². The van der Waals surface area contributed by atoms with Gasteiger partial charge in [0, 0.05) is 11.6 Å². The Morgan fingerprint density at radius 1 is 1.14 bits per heavy atom. The molecular weight excluding hydrogens is 394 g/mol. The molecule has 0 aromatic heterocycles. The summed E-state index contributed by atoms with van der Waals surface area (Å²) in [4.78, 5) is 24.3. The van der Waals surface area contributed by atoms with Gasteiger partial charge in [-0.3, -0.25) is 9.59 Å². The number of carbonyl (C=O) groups excluding carboxylic acids is 2. The molecule has 0 heterocycles. The lowest BCUT2D eigenvalue weighted by Crippen LogP contribution is -2.27. The predicted molar refractivity (Wildman–Crippen MR) is 108 cm³/mol. The van der Waals surface area contributed by atoms with Crippen molar-refractivity contribution in [3.05, 3.63) is 53.6 Å². The largest absolute Gasteiger partial charge is 0.496 e. The van der Waals surface area contributed by atoms with E-state index in [4.69, 9.17) is 9.88 Å². The number of primary sulfonamides is 1. The number of benzene rings is 2. The van der Waals surface area contributed by atoms with E-state index < -0.39 is 15.9 Å². The molecule has 2 aromatic rings. The van der Waals surface area contributed by atoms with Crippen LogP contribution in [0, 0.1) is 5.92 Å². The molecule has 0 spiro atoms. The molecule has 0 saturated heterocycles. The molecule has 4 N–H and O–H groups in total. The van der Waals surface area contributed by atoms with Crippen molar-refractivity contribution < 1.29 is 22.7 Å². The number of anilines is 1. The summed E-state index contributed by atoms with van der Waals surface area (Å²) in [5.74, 6) is -0.108. The third-order valence-electron chi connectivity index (χ3n) is 4.72. The fourth-order valence-corrected chi connectivity index (χ4v) is 3.38. The van der Waals surface area contributed by atoms with Gasteiger partial charge >= 0.3 is 0 Å². The first kappa shape index (κ1) is 20.8. The summed E-state index contributed by atoms with van der Waals surface area (Å²) in [7, 11) is -2.56. The van der Waals surface area contributed by atoms with Crippen molar-refractivity contribution in [2.75, 3.05) is 12.4 Å². The highest BCUT2D eigenvalue weighted by Crippen LogP contribution is 2.30. The maximum absolute atomic E-state index is 12.7. The molecule has 2 aromatic carbocycles. The molecule has 1 atom stereocenters. The zero-order valence-electron chi connectivity index (χ0n) is 16.1. The molecule has 8 nitrogen and oxygen atoms in total. The molecule has 3 rings (SSSR count). The maximum atomic E-state index is 12.7. The zero-order valence-corrected chi connectivity index (χ0v) is 17.0. The number of sulfonamides is 1. The van der Waals surface area contributed by atoms with Crippen molar-refractivity contribution in [2.24, 2.45) is 11.1 Å². The van der Waals surface area contributed by atoms with E-state index >= 15 is 0 Å². The fourth-order valence-electron chi connectivity index (χ4n) is 2.84. The molecule has 154 valence electrons. The van der Waals surface area contributed by atoms with Crippen LogP contribution in [0.5, 0.6) is 5.75 Å². The highest BCUT2D eigenvalue weighted by Gasteiger charge is 2.29. The van der Waals surface area contributed by atoms with Crippen molar-refractivity contribution in [1.82, 2.24) is 5.32 Å². The number of nitrogens with two attached hydrogens (primary N) is 1. The van der Waals surface area contributed by atoms with E-state index in [0.29, 0.717) is 5.69 Å². The van der Waals surface area contributed by atoms with Gasteiger partial charge in [-0.25, -0.2) is 13.6 Å². The molecule has 9 heteroatoms. The molecule has 0 bridgehead atoms. The SMILES string of the molecule is COc1ccc(S(N)(=O)=O)cc1C(=O)NC(C)c1ccc(NC(=O)C2CC2)cc1. The van der Waals surface area contributed by atoms with Gasteiger partial charge in [-0.15, -0.1) is 0 Å². The predicted octanol–water partition coefficient (Wildman–Crippen LogP) is 2.18. The quantitative estimate of drug-likeness (QED) is 0.636. The molecule has 1 unspecified atom stereocenters. The molecule has 1 aliphatic rings. The Labute approximate surface area is 169 Å². The number of methoxy groups -OCH3 is 1. The average Bonchev–Trinajstić information content (AvgIpc) is 3.52. The van der Waals surface area contributed by atoms with Crippen LogP contribution in [0.1, 0.15) is 41.7 Å². The van der Waals surface area contributed by atoms with Crippen molar-refractivity contribution in [1.29, 1.82) is 0 Å². The molecule has 1 aliphatic carbocycles. The minimum absolute atomic E-state index is 0.0286. The number of hydrogen-bond acceptors (Lipinski definition) is 5. The monoisotopic (exact) mass is 417 g/mol. The van der Waals surface area contributed by atoms with Gasteiger partial charge in [-0.05, 0) is 55.7 Å². The molecule has 2 amide bonds. The minimum Gasteiger partial charge on any atom is -0.496 e. The Balaban J connectivity index is 1.72. The Bertz CT molecular complexity index is 1030. The smallest absolute Gasteiger partial charge is 0.255 e. The first-order valence-electron chi connectivity index (χ1n) is 9.11. The second kappa shape index (κ2) is 8.22. The van der Waals surface area contributed by atoms with Crippen LogP contribution in [0.25, 0.3) is 0 Å². The van der Waals surface area contributed by atoms with Gasteiger partial charge in [0.05, 0.1) is 23.6 Å². The highest BCUT2D eigenvalue weighted by atomic mass is 32.2. The van der Waals surface area contributed by atoms with Crippen molar-refractivity contribution >= 4 is 27.5 Å². The summed E-state index contributed by atoms with van der Waals surface area (Å²) < 4.78 is 28.3. The van der Waals surface area contributed by atoms with Crippen LogP contribution < -0.4 is 20.5 Å². The third kappa shape index (κ3) is 5.12. The van der Waals surface area contributed by atoms with Crippen LogP contribution in [0.4, 0.5) is 5.69 Å². The topological polar surface area (TPSA) is 128 Å². The Hall–Kier alpha value is -2.91. The van der Waals surface area contributed by atoms with Gasteiger partial charge in [0.15, 0.2) is 0 Å². The summed E-state index contributed by atoms with van der Waals surface area (Å²) in [5, 5.41) is 10.8. The number of carbonyl (C=O) groups is 2. The van der Waals surface area contributed by atoms with Crippen LogP contribution in [-0.4, -0.2) is 27.3 Å². The third-order valence-corrected chi connectivity index (χ3v) is 5.63. The molecule has 29 heavy (non-hydrogen) atoms. The maximum Gasteiger partial charge on any atom is 0.255 e. The highest BCUT2D eigenvalue weighted by molar-refractivity contribution is 7.89. The molecule has 0 aliphatic heterocycles. The van der Waals surface area contributed by atoms with E-state index in [0.717, 1.165) is 18.4 Å². The Morgan fingerprint density at radius 2 is 1.79 bits per heavy atom. The summed E-state index contributed by atoms with van der Waals surface area (Å²) >= 11 is 0. The van der Waals surface area contributed by atoms with Crippen LogP contribution in [0.3, 0.4) is 0 Å². The second-order valence-electron chi connectivity index (χ2n) is 6.99. The standard InChI is InChI=1S/C20H23N3O5S/c1-12(13-5-7-15(8-6-13)23-19(24)14-3-4-14)22-20(25)17-11-16(29(21,26)27)9-10-18(17)28-2/h5-12,14H,3-4H2,1-2H3,(H,22,25)(H,23,24)(H2,21,26,27). The summed E-state index contributed by atoms with van der Waals surface area (Å²) in [6, 6.07) is 10.7. The van der Waals surface area contributed by atoms with Gasteiger partial charge in [-0.1, -0.05) is 12.1 Å². The number of nitrogens with one attached hydrogen (secondary N) is 2. The van der Waals surface area contributed by atoms with E-state index in [2.05, 4.69) is 10.6 Å². The van der Waals surface area contributed by atoms with E-state index in [1.165, 1.54) is 25.3 Å². The summed E-state index contributed by atoms with van der Waals surface area (Å²) in [6.07, 6.45) is 1.87. The number of amides is 2. The van der Waals surface area contributed by atoms with E-state index in [1.807, 2.05) is 12.1 Å². The van der Waals surface area contributed by atoms with E-state index in [9.17, 15) is 18.0 Å². The normalized spacial score (nSPS) is 14.7. The second-order valence-corrected chi connectivity index (χ2v) is 8.55. The fraction of sp³-hybridized carbons (Fsp3) is 0.300. The first-order chi connectivity index (χ1) is 13.7. The van der Waals surface area contributed by atoms with Crippen molar-refractivity contribution in [2.45, 2.75) is 30.7 Å². The molecular formula is C20H23N3O5S. The average molecular weight is 417 g/mol. The van der Waals surface area contributed by atoms with Crippen LogP contribution >= 0.6 is 0 Å². The lowest BCUT2D eigenvalue weighted by atomic mass is 10.1. The van der Waals surface area contributed by atoms with Crippen molar-refractivity contribution in [3.8, 4) is 5.75 Å². The van der Waals surface area contributed by atoms with Crippen LogP contribution in [0.15, 0.2) is 47.4 Å². The van der Waals surface area contributed by atoms with Crippen LogP contribution in [-0.2, 0) is 14.8 Å². The zero-order chi connectivity index (χ0) is 21.2. The number of hydrogen-bond donors (Lipinski definition) is 3. The van der Waals surface area contributed by atoms with Crippen LogP contribution in [0.2, 0.25) is 0 Å². The first-order valence-corrected chi connectivity index (χ1v) is 10.7. The van der Waals surface area contributed by atoms with Gasteiger partial charge in [-0.2, -0.15) is 0 Å². The Kier molecular flexibility index (Phi) is 5.90. The summed E-state index contributed by atoms with van der Waals surface area (Å²) in [5.41, 5.74) is 1.59. The van der Waals surface area contributed by atoms with Gasteiger partial charge < -0.3 is 15.4 Å².